The first-order chi connectivity index (χ1) is 8.08. The monoisotopic (exact) mass is 236 g/mol. The molecular weight excluding hydrogens is 224 g/mol. The van der Waals surface area contributed by atoms with Gasteiger partial charge in [0.25, 0.3) is 5.69 Å². The predicted molar refractivity (Wildman–Crippen MR) is 62.7 cm³/mol. The van der Waals surface area contributed by atoms with E-state index in [-0.39, 0.29) is 11.6 Å². The van der Waals surface area contributed by atoms with Gasteiger partial charge < -0.3 is 10.1 Å². The minimum Gasteiger partial charge on any atom is -0.496 e. The third-order valence-corrected chi connectivity index (χ3v) is 2.08. The van der Waals surface area contributed by atoms with Crippen LogP contribution in [0.2, 0.25) is 0 Å². The summed E-state index contributed by atoms with van der Waals surface area (Å²) in [5.41, 5.74) is 0.424. The topological polar surface area (TPSA) is 81.5 Å². The molecule has 1 aromatic rings. The highest BCUT2D eigenvalue weighted by atomic mass is 16.6. The minimum absolute atomic E-state index is 0.0534. The van der Waals surface area contributed by atoms with Gasteiger partial charge in [-0.25, -0.2) is 0 Å². The van der Waals surface area contributed by atoms with Crippen LogP contribution in [0.1, 0.15) is 5.56 Å². The Morgan fingerprint density at radius 2 is 2.24 bits per heavy atom. The van der Waals surface area contributed by atoms with Crippen molar-refractivity contribution < 1.29 is 14.5 Å². The van der Waals surface area contributed by atoms with Crippen LogP contribution in [-0.2, 0) is 4.79 Å². The van der Waals surface area contributed by atoms with E-state index in [2.05, 4.69) is 5.32 Å². The molecule has 0 fully saturated rings. The second kappa shape index (κ2) is 5.64. The van der Waals surface area contributed by atoms with Crippen molar-refractivity contribution in [2.75, 3.05) is 14.2 Å². The van der Waals surface area contributed by atoms with Gasteiger partial charge in [-0.2, -0.15) is 0 Å². The number of carbonyl (C=O) groups excluding carboxylic acids is 1. The Bertz CT molecular complexity index is 469. The summed E-state index contributed by atoms with van der Waals surface area (Å²) in [6.45, 7) is 0. The van der Waals surface area contributed by atoms with E-state index in [9.17, 15) is 14.9 Å². The molecule has 90 valence electrons. The average molecular weight is 236 g/mol. The Hall–Kier alpha value is -2.37. The summed E-state index contributed by atoms with van der Waals surface area (Å²) in [7, 11) is 2.95. The zero-order chi connectivity index (χ0) is 12.8. The molecular formula is C11H12N2O4. The molecule has 0 aliphatic rings. The lowest BCUT2D eigenvalue weighted by molar-refractivity contribution is -0.384. The van der Waals surface area contributed by atoms with Gasteiger partial charge in [0.05, 0.1) is 12.0 Å². The highest BCUT2D eigenvalue weighted by molar-refractivity contribution is 5.92. The van der Waals surface area contributed by atoms with Crippen LogP contribution < -0.4 is 10.1 Å². The second-order valence-corrected chi connectivity index (χ2v) is 3.13. The van der Waals surface area contributed by atoms with Gasteiger partial charge in [-0.3, -0.25) is 14.9 Å². The standard InChI is InChI=1S/C11H12N2O4/c1-12-11(14)6-3-8-7-9(13(15)16)4-5-10(8)17-2/h3-7H,1-2H3,(H,12,14)/b6-3+. The number of nitrogens with zero attached hydrogens (tertiary/aromatic N) is 1. The lowest BCUT2D eigenvalue weighted by atomic mass is 10.1. The minimum atomic E-state index is -0.503. The second-order valence-electron chi connectivity index (χ2n) is 3.13. The molecule has 0 aliphatic heterocycles. The van der Waals surface area contributed by atoms with E-state index in [1.165, 1.54) is 44.5 Å². The van der Waals surface area contributed by atoms with Crippen molar-refractivity contribution in [1.29, 1.82) is 0 Å². The molecule has 1 rings (SSSR count). The summed E-state index contributed by atoms with van der Waals surface area (Å²) in [6.07, 6.45) is 2.74. The van der Waals surface area contributed by atoms with Crippen LogP contribution in [0, 0.1) is 10.1 Å². The summed E-state index contributed by atoms with van der Waals surface area (Å²) in [5, 5.41) is 13.0. The number of carbonyl (C=O) groups is 1. The number of nitro groups is 1. The summed E-state index contributed by atoms with van der Waals surface area (Å²) in [4.78, 5) is 21.1. The number of nitro benzene ring substituents is 1. The Labute approximate surface area is 98.0 Å². The molecule has 0 aliphatic carbocycles. The van der Waals surface area contributed by atoms with Gasteiger partial charge in [-0.05, 0) is 12.1 Å². The van der Waals surface area contributed by atoms with E-state index < -0.39 is 4.92 Å². The van der Waals surface area contributed by atoms with E-state index in [0.717, 1.165) is 0 Å². The lowest BCUT2D eigenvalue weighted by Crippen LogP contribution is -2.13. The van der Waals surface area contributed by atoms with Gasteiger partial charge in [0, 0.05) is 30.8 Å². The molecule has 1 amide bonds. The first-order valence-corrected chi connectivity index (χ1v) is 4.80. The van der Waals surface area contributed by atoms with Gasteiger partial charge in [-0.1, -0.05) is 0 Å². The van der Waals surface area contributed by atoms with Gasteiger partial charge in [-0.15, -0.1) is 0 Å². The van der Waals surface area contributed by atoms with E-state index in [1.807, 2.05) is 0 Å². The van der Waals surface area contributed by atoms with E-state index >= 15 is 0 Å². The smallest absolute Gasteiger partial charge is 0.270 e. The number of ether oxygens (including phenoxy) is 1. The predicted octanol–water partition coefficient (Wildman–Crippen LogP) is 1.36. The van der Waals surface area contributed by atoms with Crippen LogP contribution >= 0.6 is 0 Å². The summed E-state index contributed by atoms with van der Waals surface area (Å²) in [6, 6.07) is 4.18. The number of benzene rings is 1. The molecule has 0 radical (unpaired) electrons. The third-order valence-electron chi connectivity index (χ3n) is 2.08. The zero-order valence-corrected chi connectivity index (χ0v) is 9.47. The highest BCUT2D eigenvalue weighted by Gasteiger charge is 2.09. The van der Waals surface area contributed by atoms with Crippen molar-refractivity contribution in [3.63, 3.8) is 0 Å². The highest BCUT2D eigenvalue weighted by Crippen LogP contribution is 2.24. The van der Waals surface area contributed by atoms with Crippen molar-refractivity contribution in [1.82, 2.24) is 5.32 Å². The molecule has 0 heterocycles. The van der Waals surface area contributed by atoms with Gasteiger partial charge in [0.1, 0.15) is 5.75 Å². The van der Waals surface area contributed by atoms with Gasteiger partial charge >= 0.3 is 0 Å². The van der Waals surface area contributed by atoms with Crippen molar-refractivity contribution in [3.05, 3.63) is 40.0 Å². The fraction of sp³-hybridized carbons (Fsp3) is 0.182. The number of non-ortho nitro benzene ring substituents is 1. The molecule has 0 unspecified atom stereocenters. The van der Waals surface area contributed by atoms with Crippen LogP contribution in [0.15, 0.2) is 24.3 Å². The number of hydrogen-bond acceptors (Lipinski definition) is 4. The first kappa shape index (κ1) is 12.7. The largest absolute Gasteiger partial charge is 0.496 e. The summed E-state index contributed by atoms with van der Waals surface area (Å²) >= 11 is 0. The van der Waals surface area contributed by atoms with Crippen molar-refractivity contribution in [3.8, 4) is 5.75 Å². The average Bonchev–Trinajstić information content (AvgIpc) is 2.35. The Kier molecular flexibility index (Phi) is 4.21. The van der Waals surface area contributed by atoms with Crippen molar-refractivity contribution >= 4 is 17.7 Å². The molecule has 0 saturated heterocycles. The number of nitrogens with one attached hydrogen (secondary N) is 1. The Balaban J connectivity index is 3.10. The van der Waals surface area contributed by atoms with Crippen LogP contribution in [-0.4, -0.2) is 25.0 Å². The zero-order valence-electron chi connectivity index (χ0n) is 9.47. The molecule has 6 heteroatoms. The van der Waals surface area contributed by atoms with Crippen molar-refractivity contribution in [2.24, 2.45) is 0 Å². The van der Waals surface area contributed by atoms with Crippen LogP contribution in [0.5, 0.6) is 5.75 Å². The fourth-order valence-electron chi connectivity index (χ4n) is 1.21. The van der Waals surface area contributed by atoms with E-state index in [0.29, 0.717) is 11.3 Å². The SMILES string of the molecule is CNC(=O)/C=C/c1cc([N+](=O)[O-])ccc1OC. The van der Waals surface area contributed by atoms with Gasteiger partial charge in [0.2, 0.25) is 5.91 Å². The maximum atomic E-state index is 11.0. The first-order valence-electron chi connectivity index (χ1n) is 4.80. The maximum Gasteiger partial charge on any atom is 0.270 e. The number of methoxy groups -OCH3 is 1. The number of hydrogen-bond donors (Lipinski definition) is 1. The van der Waals surface area contributed by atoms with Crippen LogP contribution in [0.25, 0.3) is 6.08 Å². The van der Waals surface area contributed by atoms with Crippen molar-refractivity contribution in [2.45, 2.75) is 0 Å². The normalized spacial score (nSPS) is 10.2. The molecule has 0 bridgehead atoms. The van der Waals surface area contributed by atoms with Gasteiger partial charge in [0.15, 0.2) is 0 Å². The summed E-state index contributed by atoms with van der Waals surface area (Å²) in [5.74, 6) is 0.175. The quantitative estimate of drug-likeness (QED) is 0.486. The summed E-state index contributed by atoms with van der Waals surface area (Å²) < 4.78 is 5.04. The van der Waals surface area contributed by atoms with E-state index in [1.54, 1.807) is 0 Å². The maximum absolute atomic E-state index is 11.0. The Morgan fingerprint density at radius 1 is 1.53 bits per heavy atom. The number of likely N-dealkylation sites (N-methyl/N-ethyl adjacent to an activating group) is 1. The molecule has 6 nitrogen and oxygen atoms in total. The van der Waals surface area contributed by atoms with Crippen LogP contribution in [0.4, 0.5) is 5.69 Å². The Morgan fingerprint density at radius 3 is 2.76 bits per heavy atom. The van der Waals surface area contributed by atoms with E-state index in [4.69, 9.17) is 4.74 Å². The number of amides is 1. The van der Waals surface area contributed by atoms with Crippen LogP contribution in [0.3, 0.4) is 0 Å². The molecule has 0 atom stereocenters. The molecule has 0 aromatic heterocycles. The molecule has 1 aromatic carbocycles. The lowest BCUT2D eigenvalue weighted by Gasteiger charge is -2.03. The number of rotatable bonds is 4. The molecule has 17 heavy (non-hydrogen) atoms. The molecule has 0 saturated carbocycles. The molecule has 0 spiro atoms. The fourth-order valence-corrected chi connectivity index (χ4v) is 1.21. The molecule has 1 N–H and O–H groups in total. The third kappa shape index (κ3) is 3.30.